The van der Waals surface area contributed by atoms with Crippen molar-refractivity contribution < 1.29 is 0 Å². The average molecular weight is 315 g/mol. The predicted molar refractivity (Wildman–Crippen MR) is 83.4 cm³/mol. The lowest BCUT2D eigenvalue weighted by atomic mass is 10.0. The van der Waals surface area contributed by atoms with Crippen molar-refractivity contribution in [2.45, 2.75) is 32.7 Å². The second-order valence-corrected chi connectivity index (χ2v) is 6.77. The van der Waals surface area contributed by atoms with Crippen molar-refractivity contribution in [1.29, 1.82) is 0 Å². The molecule has 2 N–H and O–H groups in total. The molecule has 5 heteroatoms. The SMILES string of the molecule is Cc1nc(CC(N)Cc2ccc(Cl)c(Cl)c2)sc1C. The van der Waals surface area contributed by atoms with Gasteiger partial charge in [0.1, 0.15) is 0 Å². The van der Waals surface area contributed by atoms with E-state index in [-0.39, 0.29) is 6.04 Å². The van der Waals surface area contributed by atoms with Crippen LogP contribution in [0.3, 0.4) is 0 Å². The van der Waals surface area contributed by atoms with Crippen molar-refractivity contribution >= 4 is 34.5 Å². The van der Waals surface area contributed by atoms with E-state index in [9.17, 15) is 0 Å². The molecule has 1 unspecified atom stereocenters. The van der Waals surface area contributed by atoms with E-state index in [1.165, 1.54) is 4.88 Å². The maximum absolute atomic E-state index is 6.18. The zero-order valence-electron chi connectivity index (χ0n) is 10.9. The molecule has 2 rings (SSSR count). The summed E-state index contributed by atoms with van der Waals surface area (Å²) in [5.74, 6) is 0. The predicted octanol–water partition coefficient (Wildman–Crippen LogP) is 4.18. The summed E-state index contributed by atoms with van der Waals surface area (Å²) in [5.41, 5.74) is 8.38. The van der Waals surface area contributed by atoms with Crippen LogP contribution in [-0.4, -0.2) is 11.0 Å². The quantitative estimate of drug-likeness (QED) is 0.919. The highest BCUT2D eigenvalue weighted by Crippen LogP contribution is 2.24. The van der Waals surface area contributed by atoms with E-state index >= 15 is 0 Å². The summed E-state index contributed by atoms with van der Waals surface area (Å²) in [6.07, 6.45) is 1.56. The number of hydrogen-bond acceptors (Lipinski definition) is 3. The molecule has 2 aromatic rings. The van der Waals surface area contributed by atoms with Gasteiger partial charge in [0.05, 0.1) is 20.7 Å². The Labute approximate surface area is 127 Å². The summed E-state index contributed by atoms with van der Waals surface area (Å²) in [7, 11) is 0. The second-order valence-electron chi connectivity index (χ2n) is 4.67. The summed E-state index contributed by atoms with van der Waals surface area (Å²) in [5, 5.41) is 2.25. The molecule has 1 aromatic carbocycles. The van der Waals surface area contributed by atoms with Crippen LogP contribution < -0.4 is 5.73 Å². The Bertz CT molecular complexity index is 561. The molecule has 0 fully saturated rings. The number of hydrogen-bond donors (Lipinski definition) is 1. The van der Waals surface area contributed by atoms with Crippen LogP contribution in [0.5, 0.6) is 0 Å². The molecule has 0 amide bonds. The number of nitrogens with zero attached hydrogens (tertiary/aromatic N) is 1. The zero-order chi connectivity index (χ0) is 14.0. The van der Waals surface area contributed by atoms with Crippen LogP contribution >= 0.6 is 34.5 Å². The van der Waals surface area contributed by atoms with Crippen molar-refractivity contribution in [1.82, 2.24) is 4.98 Å². The van der Waals surface area contributed by atoms with E-state index in [1.807, 2.05) is 25.1 Å². The second kappa shape index (κ2) is 6.23. The number of aryl methyl sites for hydroxylation is 2. The van der Waals surface area contributed by atoms with Crippen molar-refractivity contribution in [3.8, 4) is 0 Å². The minimum absolute atomic E-state index is 0.0437. The number of benzene rings is 1. The Morgan fingerprint density at radius 3 is 2.53 bits per heavy atom. The molecule has 19 heavy (non-hydrogen) atoms. The van der Waals surface area contributed by atoms with Gasteiger partial charge < -0.3 is 5.73 Å². The maximum Gasteiger partial charge on any atom is 0.0946 e. The summed E-state index contributed by atoms with van der Waals surface area (Å²) in [6.45, 7) is 4.11. The zero-order valence-corrected chi connectivity index (χ0v) is 13.2. The highest BCUT2D eigenvalue weighted by atomic mass is 35.5. The number of rotatable bonds is 4. The lowest BCUT2D eigenvalue weighted by Gasteiger charge is -2.10. The minimum atomic E-state index is 0.0437. The largest absolute Gasteiger partial charge is 0.327 e. The maximum atomic E-state index is 6.18. The van der Waals surface area contributed by atoms with Crippen LogP contribution in [0.25, 0.3) is 0 Å². The standard InChI is InChI=1S/C14H16Cl2N2S/c1-8-9(2)19-14(18-8)7-11(17)5-10-3-4-12(15)13(16)6-10/h3-4,6,11H,5,7,17H2,1-2H3. The van der Waals surface area contributed by atoms with Crippen LogP contribution in [0, 0.1) is 13.8 Å². The summed E-state index contributed by atoms with van der Waals surface area (Å²) in [6, 6.07) is 5.69. The van der Waals surface area contributed by atoms with Gasteiger partial charge in [0.25, 0.3) is 0 Å². The molecule has 1 heterocycles. The third-order valence-corrected chi connectivity index (χ3v) is 4.83. The summed E-state index contributed by atoms with van der Waals surface area (Å²) >= 11 is 13.6. The van der Waals surface area contributed by atoms with Gasteiger partial charge in [-0.2, -0.15) is 0 Å². The molecule has 0 saturated carbocycles. The van der Waals surface area contributed by atoms with Crippen LogP contribution in [0.15, 0.2) is 18.2 Å². The normalized spacial score (nSPS) is 12.7. The van der Waals surface area contributed by atoms with E-state index in [4.69, 9.17) is 28.9 Å². The Kier molecular flexibility index (Phi) is 4.85. The van der Waals surface area contributed by atoms with Crippen LogP contribution in [0.2, 0.25) is 10.0 Å². The Morgan fingerprint density at radius 2 is 1.95 bits per heavy atom. The number of aromatic nitrogens is 1. The first-order valence-corrected chi connectivity index (χ1v) is 7.65. The third-order valence-electron chi connectivity index (χ3n) is 2.99. The van der Waals surface area contributed by atoms with Gasteiger partial charge in [-0.3, -0.25) is 0 Å². The number of nitrogens with two attached hydrogens (primary N) is 1. The molecule has 0 bridgehead atoms. The van der Waals surface area contributed by atoms with Crippen LogP contribution in [0.4, 0.5) is 0 Å². The van der Waals surface area contributed by atoms with Crippen molar-refractivity contribution in [3.63, 3.8) is 0 Å². The fraction of sp³-hybridized carbons (Fsp3) is 0.357. The third kappa shape index (κ3) is 3.93. The first kappa shape index (κ1) is 14.8. The highest BCUT2D eigenvalue weighted by Gasteiger charge is 2.11. The molecular formula is C14H16Cl2N2S. The monoisotopic (exact) mass is 314 g/mol. The Balaban J connectivity index is 2.00. The number of halogens is 2. The minimum Gasteiger partial charge on any atom is -0.327 e. The molecule has 0 radical (unpaired) electrons. The molecule has 0 aliphatic carbocycles. The molecule has 0 aliphatic rings. The van der Waals surface area contributed by atoms with E-state index in [2.05, 4.69) is 11.9 Å². The average Bonchev–Trinajstić information content (AvgIpc) is 2.63. The highest BCUT2D eigenvalue weighted by molar-refractivity contribution is 7.11. The van der Waals surface area contributed by atoms with Crippen LogP contribution in [0.1, 0.15) is 21.1 Å². The molecule has 0 saturated heterocycles. The summed E-state index contributed by atoms with van der Waals surface area (Å²) < 4.78 is 0. The van der Waals surface area contributed by atoms with Gasteiger partial charge in [-0.05, 0) is 38.0 Å². The van der Waals surface area contributed by atoms with Gasteiger partial charge in [-0.25, -0.2) is 4.98 Å². The van der Waals surface area contributed by atoms with Gasteiger partial charge in [-0.1, -0.05) is 29.3 Å². The van der Waals surface area contributed by atoms with E-state index in [0.29, 0.717) is 10.0 Å². The molecule has 0 aliphatic heterocycles. The van der Waals surface area contributed by atoms with E-state index in [1.54, 1.807) is 11.3 Å². The summed E-state index contributed by atoms with van der Waals surface area (Å²) in [4.78, 5) is 5.78. The molecule has 1 aromatic heterocycles. The fourth-order valence-corrected chi connectivity index (χ4v) is 3.24. The topological polar surface area (TPSA) is 38.9 Å². The lowest BCUT2D eigenvalue weighted by Crippen LogP contribution is -2.25. The Morgan fingerprint density at radius 1 is 1.21 bits per heavy atom. The number of thiazole rings is 1. The van der Waals surface area contributed by atoms with Gasteiger partial charge >= 0.3 is 0 Å². The van der Waals surface area contributed by atoms with Crippen molar-refractivity contribution in [2.24, 2.45) is 5.73 Å². The first-order valence-electron chi connectivity index (χ1n) is 6.08. The molecule has 0 spiro atoms. The molecule has 2 nitrogen and oxygen atoms in total. The van der Waals surface area contributed by atoms with Crippen LogP contribution in [-0.2, 0) is 12.8 Å². The fourth-order valence-electron chi connectivity index (χ4n) is 1.89. The molecule has 102 valence electrons. The lowest BCUT2D eigenvalue weighted by molar-refractivity contribution is 0.661. The molecule has 1 atom stereocenters. The van der Waals surface area contributed by atoms with Crippen molar-refractivity contribution in [3.05, 3.63) is 49.4 Å². The first-order chi connectivity index (χ1) is 8.95. The van der Waals surface area contributed by atoms with Gasteiger partial charge in [0, 0.05) is 17.3 Å². The smallest absolute Gasteiger partial charge is 0.0946 e. The van der Waals surface area contributed by atoms with E-state index in [0.717, 1.165) is 29.1 Å². The Hall–Kier alpha value is -0.610. The van der Waals surface area contributed by atoms with E-state index < -0.39 is 0 Å². The van der Waals surface area contributed by atoms with Gasteiger partial charge in [-0.15, -0.1) is 11.3 Å². The van der Waals surface area contributed by atoms with Gasteiger partial charge in [0.15, 0.2) is 0 Å². The molecular weight excluding hydrogens is 299 g/mol. The van der Waals surface area contributed by atoms with Gasteiger partial charge in [0.2, 0.25) is 0 Å². The van der Waals surface area contributed by atoms with Crippen molar-refractivity contribution in [2.75, 3.05) is 0 Å².